The van der Waals surface area contributed by atoms with Gasteiger partial charge in [0.25, 0.3) is 11.8 Å². The lowest BCUT2D eigenvalue weighted by Gasteiger charge is -2.31. The molecule has 2 heterocycles. The van der Waals surface area contributed by atoms with Gasteiger partial charge in [-0.05, 0) is 51.2 Å². The number of hydrogen-bond donors (Lipinski definition) is 0. The number of ether oxygens (including phenoxy) is 1. The molecule has 3 amide bonds. The molecule has 1 unspecified atom stereocenters. The first-order valence-electron chi connectivity index (χ1n) is 10.8. The molecule has 2 aliphatic heterocycles. The van der Waals surface area contributed by atoms with Gasteiger partial charge in [0.15, 0.2) is 0 Å². The fourth-order valence-electron chi connectivity index (χ4n) is 4.44. The largest absolute Gasteiger partial charge is 0.375 e. The fourth-order valence-corrected chi connectivity index (χ4v) is 5.03. The summed E-state index contributed by atoms with van der Waals surface area (Å²) in [5.41, 5.74) is 1.16. The molecule has 0 N–H and O–H groups in total. The van der Waals surface area contributed by atoms with Crippen LogP contribution in [-0.2, 0) is 19.1 Å². The highest BCUT2D eigenvalue weighted by atomic mass is 35.5. The average molecular weight is 479 g/mol. The van der Waals surface area contributed by atoms with E-state index in [-0.39, 0.29) is 35.6 Å². The summed E-state index contributed by atoms with van der Waals surface area (Å²) in [6.07, 6.45) is 3.15. The van der Waals surface area contributed by atoms with E-state index in [4.69, 9.17) is 28.6 Å². The smallest absolute Gasteiger partial charge is 0.261 e. The van der Waals surface area contributed by atoms with E-state index in [0.29, 0.717) is 54.1 Å². The molecule has 170 valence electrons. The van der Waals surface area contributed by atoms with Gasteiger partial charge in [-0.1, -0.05) is 23.8 Å². The molecule has 1 aliphatic carbocycles. The molecule has 6 nitrogen and oxygen atoms in total. The summed E-state index contributed by atoms with van der Waals surface area (Å²) < 4.78 is 20.3. The second-order valence-corrected chi connectivity index (χ2v) is 9.24. The van der Waals surface area contributed by atoms with Gasteiger partial charge in [-0.25, -0.2) is 9.29 Å². The van der Waals surface area contributed by atoms with Crippen LogP contribution in [0.4, 0.5) is 10.1 Å². The van der Waals surface area contributed by atoms with E-state index in [1.165, 1.54) is 6.07 Å². The Morgan fingerprint density at radius 1 is 1.19 bits per heavy atom. The van der Waals surface area contributed by atoms with Gasteiger partial charge in [0.2, 0.25) is 5.91 Å². The fraction of sp³-hybridized carbons (Fsp3) is 0.478. The Morgan fingerprint density at radius 2 is 1.84 bits per heavy atom. The standard InChI is InChI=1S/C23H24ClFN2O4S/c1-13-12-26(8-9-31-13)21(28)7-6-20(32)16-10-19(18(25)11-17(16)24)27-22(29)14-4-2-3-5-15(14)23(27)30/h10-11,13H,2-9,12H2,1H3. The summed E-state index contributed by atoms with van der Waals surface area (Å²) in [5.74, 6) is -1.75. The number of nitrogens with zero attached hydrogens (tertiary/aromatic N) is 2. The number of benzene rings is 1. The third kappa shape index (κ3) is 4.36. The maximum absolute atomic E-state index is 14.8. The number of thiocarbonyl (C=S) groups is 1. The van der Waals surface area contributed by atoms with Gasteiger partial charge in [-0.15, -0.1) is 0 Å². The zero-order chi connectivity index (χ0) is 23.0. The number of anilines is 1. The number of rotatable bonds is 5. The molecule has 0 radical (unpaired) electrons. The predicted molar refractivity (Wildman–Crippen MR) is 122 cm³/mol. The van der Waals surface area contributed by atoms with Crippen molar-refractivity contribution in [3.63, 3.8) is 0 Å². The number of hydrogen-bond acceptors (Lipinski definition) is 5. The molecule has 1 fully saturated rings. The second kappa shape index (κ2) is 9.37. The van der Waals surface area contributed by atoms with Crippen molar-refractivity contribution in [2.75, 3.05) is 24.6 Å². The van der Waals surface area contributed by atoms with E-state index in [0.717, 1.165) is 23.8 Å². The molecular formula is C23H24ClFN2O4S. The van der Waals surface area contributed by atoms with Crippen molar-refractivity contribution in [1.82, 2.24) is 4.90 Å². The molecule has 1 aromatic rings. The summed E-state index contributed by atoms with van der Waals surface area (Å²) in [5, 5.41) is 0.0838. The van der Waals surface area contributed by atoms with Crippen molar-refractivity contribution in [2.45, 2.75) is 51.6 Å². The highest BCUT2D eigenvalue weighted by molar-refractivity contribution is 7.80. The van der Waals surface area contributed by atoms with E-state index in [1.807, 2.05) is 6.92 Å². The Morgan fingerprint density at radius 3 is 2.47 bits per heavy atom. The monoisotopic (exact) mass is 478 g/mol. The topological polar surface area (TPSA) is 66.9 Å². The molecule has 1 saturated heterocycles. The van der Waals surface area contributed by atoms with Gasteiger partial charge in [-0.2, -0.15) is 0 Å². The molecule has 4 rings (SSSR count). The van der Waals surface area contributed by atoms with Crippen LogP contribution in [0.2, 0.25) is 5.02 Å². The average Bonchev–Trinajstić information content (AvgIpc) is 3.02. The maximum atomic E-state index is 14.8. The van der Waals surface area contributed by atoms with Crippen LogP contribution in [0.1, 0.15) is 51.0 Å². The number of amides is 3. The molecule has 0 bridgehead atoms. The second-order valence-electron chi connectivity index (χ2n) is 8.34. The minimum Gasteiger partial charge on any atom is -0.375 e. The molecule has 9 heteroatoms. The number of halogens is 2. The van der Waals surface area contributed by atoms with Gasteiger partial charge in [-0.3, -0.25) is 14.4 Å². The number of carbonyl (C=O) groups excluding carboxylic acids is 3. The highest BCUT2D eigenvalue weighted by Gasteiger charge is 2.41. The zero-order valence-electron chi connectivity index (χ0n) is 17.8. The summed E-state index contributed by atoms with van der Waals surface area (Å²) in [6.45, 7) is 3.48. The first-order chi connectivity index (χ1) is 15.3. The zero-order valence-corrected chi connectivity index (χ0v) is 19.4. The first-order valence-corrected chi connectivity index (χ1v) is 11.6. The van der Waals surface area contributed by atoms with E-state index in [1.54, 1.807) is 4.90 Å². The molecule has 1 aromatic carbocycles. The van der Waals surface area contributed by atoms with Crippen LogP contribution in [0.15, 0.2) is 23.3 Å². The van der Waals surface area contributed by atoms with E-state index < -0.39 is 17.6 Å². The number of imide groups is 1. The lowest BCUT2D eigenvalue weighted by Crippen LogP contribution is -2.44. The van der Waals surface area contributed by atoms with Crippen molar-refractivity contribution in [1.29, 1.82) is 0 Å². The van der Waals surface area contributed by atoms with Gasteiger partial charge >= 0.3 is 0 Å². The summed E-state index contributed by atoms with van der Waals surface area (Å²) >= 11 is 11.7. The summed E-state index contributed by atoms with van der Waals surface area (Å²) in [7, 11) is 0. The Balaban J connectivity index is 1.51. The molecule has 0 aromatic heterocycles. The van der Waals surface area contributed by atoms with Crippen LogP contribution in [0, 0.1) is 5.82 Å². The van der Waals surface area contributed by atoms with Crippen molar-refractivity contribution in [2.24, 2.45) is 0 Å². The third-order valence-corrected chi connectivity index (χ3v) is 6.86. The van der Waals surface area contributed by atoms with Crippen LogP contribution >= 0.6 is 23.8 Å². The van der Waals surface area contributed by atoms with Crippen molar-refractivity contribution in [3.05, 3.63) is 39.7 Å². The molecule has 0 spiro atoms. The molecule has 32 heavy (non-hydrogen) atoms. The van der Waals surface area contributed by atoms with Crippen LogP contribution in [0.25, 0.3) is 0 Å². The van der Waals surface area contributed by atoms with Crippen LogP contribution in [0.3, 0.4) is 0 Å². The molecule has 3 aliphatic rings. The maximum Gasteiger partial charge on any atom is 0.261 e. The quantitative estimate of drug-likeness (QED) is 0.364. The normalized spacial score (nSPS) is 21.3. The summed E-state index contributed by atoms with van der Waals surface area (Å²) in [6, 6.07) is 2.43. The minimum atomic E-state index is -0.763. The van der Waals surface area contributed by atoms with Gasteiger partial charge in [0.05, 0.1) is 23.4 Å². The molecule has 0 saturated carbocycles. The molecule has 1 atom stereocenters. The third-order valence-electron chi connectivity index (χ3n) is 6.13. The van der Waals surface area contributed by atoms with Gasteiger partial charge < -0.3 is 9.64 Å². The predicted octanol–water partition coefficient (Wildman–Crippen LogP) is 3.97. The van der Waals surface area contributed by atoms with Crippen LogP contribution in [-0.4, -0.2) is 53.3 Å². The minimum absolute atomic E-state index is 0.0104. The van der Waals surface area contributed by atoms with Crippen molar-refractivity contribution >= 4 is 52.1 Å². The lowest BCUT2D eigenvalue weighted by atomic mass is 9.93. The Kier molecular flexibility index (Phi) is 6.74. The van der Waals surface area contributed by atoms with Crippen LogP contribution < -0.4 is 4.90 Å². The Bertz CT molecular complexity index is 1010. The SMILES string of the molecule is CC1CN(C(=O)CCC(=S)c2cc(N3C(=O)C4=C(CCCC4)C3=O)c(F)cc2Cl)CCO1. The highest BCUT2D eigenvalue weighted by Crippen LogP contribution is 2.38. The van der Waals surface area contributed by atoms with Crippen molar-refractivity contribution < 1.29 is 23.5 Å². The van der Waals surface area contributed by atoms with E-state index in [2.05, 4.69) is 0 Å². The molecular weight excluding hydrogens is 455 g/mol. The van der Waals surface area contributed by atoms with E-state index >= 15 is 0 Å². The van der Waals surface area contributed by atoms with Gasteiger partial charge in [0, 0.05) is 41.1 Å². The van der Waals surface area contributed by atoms with Crippen molar-refractivity contribution in [3.8, 4) is 0 Å². The lowest BCUT2D eigenvalue weighted by molar-refractivity contribution is -0.138. The Labute approximate surface area is 196 Å². The van der Waals surface area contributed by atoms with E-state index in [9.17, 15) is 18.8 Å². The van der Waals surface area contributed by atoms with Gasteiger partial charge in [0.1, 0.15) is 5.82 Å². The van der Waals surface area contributed by atoms with Crippen LogP contribution in [0.5, 0.6) is 0 Å². The first kappa shape index (κ1) is 23.0. The number of carbonyl (C=O) groups is 3. The Hall–Kier alpha value is -2.16. The number of morpholine rings is 1. The summed E-state index contributed by atoms with van der Waals surface area (Å²) in [4.78, 5) is 41.2.